The molecular formula is C26H24FN3O3S. The Morgan fingerprint density at radius 1 is 1.03 bits per heavy atom. The number of carbonyl (C=O) groups excluding carboxylic acids is 2. The molecule has 4 rings (SSSR count). The number of esters is 1. The number of halogens is 1. The van der Waals surface area contributed by atoms with Crippen molar-refractivity contribution in [1.82, 2.24) is 9.55 Å². The number of nitrogens with zero attached hydrogens (tertiary/aromatic N) is 2. The third kappa shape index (κ3) is 6.02. The van der Waals surface area contributed by atoms with Crippen LogP contribution in [0, 0.1) is 19.7 Å². The topological polar surface area (TPSA) is 73.2 Å². The summed E-state index contributed by atoms with van der Waals surface area (Å²) in [5, 5.41) is 3.39. The molecule has 0 spiro atoms. The van der Waals surface area contributed by atoms with Gasteiger partial charge in [-0.15, -0.1) is 0 Å². The first-order valence-electron chi connectivity index (χ1n) is 10.7. The minimum Gasteiger partial charge on any atom is -0.455 e. The van der Waals surface area contributed by atoms with Gasteiger partial charge >= 0.3 is 5.97 Å². The molecule has 0 atom stereocenters. The molecule has 174 valence electrons. The van der Waals surface area contributed by atoms with Crippen LogP contribution in [-0.4, -0.2) is 33.8 Å². The first-order valence-corrected chi connectivity index (χ1v) is 11.7. The Hall–Kier alpha value is -3.65. The number of fused-ring (bicyclic) bond motifs is 1. The second kappa shape index (κ2) is 10.5. The second-order valence-electron chi connectivity index (χ2n) is 7.97. The number of nitrogens with one attached hydrogen (secondary N) is 1. The summed E-state index contributed by atoms with van der Waals surface area (Å²) >= 11 is 1.23. The molecule has 1 N–H and O–H groups in total. The summed E-state index contributed by atoms with van der Waals surface area (Å²) in [6.07, 6.45) is 0. The number of para-hydroxylation sites is 2. The van der Waals surface area contributed by atoms with Crippen LogP contribution in [0.5, 0.6) is 0 Å². The number of imidazole rings is 1. The summed E-state index contributed by atoms with van der Waals surface area (Å²) in [6.45, 7) is 4.02. The van der Waals surface area contributed by atoms with Crippen LogP contribution in [0.3, 0.4) is 0 Å². The van der Waals surface area contributed by atoms with E-state index >= 15 is 0 Å². The van der Waals surface area contributed by atoms with E-state index in [2.05, 4.69) is 10.3 Å². The van der Waals surface area contributed by atoms with Crippen LogP contribution in [0.2, 0.25) is 0 Å². The summed E-state index contributed by atoms with van der Waals surface area (Å²) in [7, 11) is 0. The fraction of sp³-hybridized carbons (Fsp3) is 0.192. The predicted octanol–water partition coefficient (Wildman–Crippen LogP) is 5.11. The van der Waals surface area contributed by atoms with E-state index in [1.807, 2.05) is 60.9 Å². The Balaban J connectivity index is 1.37. The van der Waals surface area contributed by atoms with Crippen molar-refractivity contribution >= 4 is 40.4 Å². The highest BCUT2D eigenvalue weighted by atomic mass is 32.2. The van der Waals surface area contributed by atoms with Gasteiger partial charge in [0.2, 0.25) is 0 Å². The van der Waals surface area contributed by atoms with Crippen molar-refractivity contribution in [1.29, 1.82) is 0 Å². The zero-order valence-corrected chi connectivity index (χ0v) is 19.7. The number of hydrogen-bond acceptors (Lipinski definition) is 5. The summed E-state index contributed by atoms with van der Waals surface area (Å²) in [6, 6.07) is 19.7. The van der Waals surface area contributed by atoms with E-state index in [-0.39, 0.29) is 18.2 Å². The van der Waals surface area contributed by atoms with Crippen LogP contribution in [0.1, 0.15) is 16.7 Å². The number of aryl methyl sites for hydroxylation is 2. The van der Waals surface area contributed by atoms with Gasteiger partial charge in [0.25, 0.3) is 5.91 Å². The number of benzene rings is 3. The van der Waals surface area contributed by atoms with Crippen LogP contribution < -0.4 is 5.32 Å². The molecule has 1 aromatic heterocycles. The molecule has 0 bridgehead atoms. The van der Waals surface area contributed by atoms with Gasteiger partial charge in [-0.3, -0.25) is 9.59 Å². The lowest BCUT2D eigenvalue weighted by Gasteiger charge is -2.10. The van der Waals surface area contributed by atoms with Crippen LogP contribution in [-0.2, 0) is 20.9 Å². The minimum absolute atomic E-state index is 0.00354. The van der Waals surface area contributed by atoms with Crippen molar-refractivity contribution in [2.75, 3.05) is 17.7 Å². The number of thioether (sulfide) groups is 1. The van der Waals surface area contributed by atoms with Gasteiger partial charge in [-0.25, -0.2) is 9.37 Å². The summed E-state index contributed by atoms with van der Waals surface area (Å²) in [5.41, 5.74) is 5.36. The molecule has 0 aliphatic carbocycles. The number of ether oxygens (including phenoxy) is 1. The van der Waals surface area contributed by atoms with Gasteiger partial charge in [-0.2, -0.15) is 0 Å². The number of hydrogen-bond donors (Lipinski definition) is 1. The van der Waals surface area contributed by atoms with E-state index < -0.39 is 11.9 Å². The number of amides is 1. The molecule has 3 aromatic carbocycles. The zero-order valence-electron chi connectivity index (χ0n) is 18.9. The largest absolute Gasteiger partial charge is 0.455 e. The lowest BCUT2D eigenvalue weighted by molar-refractivity contribution is -0.144. The average molecular weight is 478 g/mol. The summed E-state index contributed by atoms with van der Waals surface area (Å²) < 4.78 is 20.4. The smallest absolute Gasteiger partial charge is 0.316 e. The second-order valence-corrected chi connectivity index (χ2v) is 8.91. The number of anilines is 1. The van der Waals surface area contributed by atoms with E-state index in [1.54, 1.807) is 12.1 Å². The van der Waals surface area contributed by atoms with E-state index in [0.29, 0.717) is 17.4 Å². The van der Waals surface area contributed by atoms with Crippen LogP contribution in [0.25, 0.3) is 11.0 Å². The summed E-state index contributed by atoms with van der Waals surface area (Å²) in [5.74, 6) is -1.20. The fourth-order valence-corrected chi connectivity index (χ4v) is 4.46. The van der Waals surface area contributed by atoms with Crippen molar-refractivity contribution in [2.45, 2.75) is 25.5 Å². The van der Waals surface area contributed by atoms with Crippen molar-refractivity contribution in [3.63, 3.8) is 0 Å². The minimum atomic E-state index is -0.513. The predicted molar refractivity (Wildman–Crippen MR) is 131 cm³/mol. The van der Waals surface area contributed by atoms with Gasteiger partial charge in [-0.05, 0) is 66.9 Å². The Morgan fingerprint density at radius 3 is 2.47 bits per heavy atom. The van der Waals surface area contributed by atoms with Crippen molar-refractivity contribution < 1.29 is 18.7 Å². The third-order valence-electron chi connectivity index (χ3n) is 5.06. The van der Waals surface area contributed by atoms with Crippen molar-refractivity contribution in [3.05, 3.63) is 89.2 Å². The molecule has 34 heavy (non-hydrogen) atoms. The maximum atomic E-state index is 13.3. The number of aromatic nitrogens is 2. The Kier molecular flexibility index (Phi) is 7.27. The Morgan fingerprint density at radius 2 is 1.74 bits per heavy atom. The highest BCUT2D eigenvalue weighted by Crippen LogP contribution is 2.25. The fourth-order valence-electron chi connectivity index (χ4n) is 3.64. The number of carbonyl (C=O) groups is 2. The third-order valence-corrected chi connectivity index (χ3v) is 6.01. The van der Waals surface area contributed by atoms with E-state index in [1.165, 1.54) is 23.9 Å². The highest BCUT2D eigenvalue weighted by Gasteiger charge is 2.15. The molecule has 1 heterocycles. The maximum Gasteiger partial charge on any atom is 0.316 e. The van der Waals surface area contributed by atoms with Crippen LogP contribution >= 0.6 is 11.8 Å². The molecule has 0 aliphatic heterocycles. The standard InChI is InChI=1S/C26H24FN3O3S/c1-17-11-18(2)13-21(12-17)28-24(31)15-33-25(32)16-34-26-29-22-5-3-4-6-23(22)30(26)14-19-7-9-20(27)10-8-19/h3-13H,14-16H2,1-2H3,(H,28,31). The lowest BCUT2D eigenvalue weighted by atomic mass is 10.1. The molecule has 0 saturated heterocycles. The van der Waals surface area contributed by atoms with Gasteiger partial charge < -0.3 is 14.6 Å². The van der Waals surface area contributed by atoms with E-state index in [0.717, 1.165) is 27.7 Å². The molecule has 0 radical (unpaired) electrons. The first-order chi connectivity index (χ1) is 16.4. The maximum absolute atomic E-state index is 13.3. The highest BCUT2D eigenvalue weighted by molar-refractivity contribution is 7.99. The molecule has 6 nitrogen and oxygen atoms in total. The van der Waals surface area contributed by atoms with Gasteiger partial charge in [0.1, 0.15) is 5.82 Å². The lowest BCUT2D eigenvalue weighted by Crippen LogP contribution is -2.21. The molecule has 0 fully saturated rings. The molecule has 0 aliphatic rings. The Labute approximate surface area is 201 Å². The van der Waals surface area contributed by atoms with Gasteiger partial charge in [-0.1, -0.05) is 42.1 Å². The summed E-state index contributed by atoms with van der Waals surface area (Å²) in [4.78, 5) is 29.1. The monoisotopic (exact) mass is 477 g/mol. The molecule has 0 saturated carbocycles. The molecule has 1 amide bonds. The van der Waals surface area contributed by atoms with E-state index in [4.69, 9.17) is 4.74 Å². The number of rotatable bonds is 8. The van der Waals surface area contributed by atoms with Crippen LogP contribution in [0.15, 0.2) is 71.9 Å². The average Bonchev–Trinajstić information content (AvgIpc) is 3.14. The Bertz CT molecular complexity index is 1310. The quantitative estimate of drug-likeness (QED) is 0.282. The van der Waals surface area contributed by atoms with Gasteiger partial charge in [0.15, 0.2) is 11.8 Å². The first kappa shape index (κ1) is 23.5. The van der Waals surface area contributed by atoms with Crippen molar-refractivity contribution in [2.24, 2.45) is 0 Å². The van der Waals surface area contributed by atoms with Gasteiger partial charge in [0, 0.05) is 5.69 Å². The van der Waals surface area contributed by atoms with Crippen molar-refractivity contribution in [3.8, 4) is 0 Å². The molecule has 4 aromatic rings. The van der Waals surface area contributed by atoms with Gasteiger partial charge in [0.05, 0.1) is 23.3 Å². The molecule has 0 unspecified atom stereocenters. The SMILES string of the molecule is Cc1cc(C)cc(NC(=O)COC(=O)CSc2nc3ccccc3n2Cc2ccc(F)cc2)c1. The van der Waals surface area contributed by atoms with E-state index in [9.17, 15) is 14.0 Å². The normalized spacial score (nSPS) is 10.9. The molecular weight excluding hydrogens is 453 g/mol. The molecule has 8 heteroatoms. The zero-order chi connectivity index (χ0) is 24.1. The van der Waals surface area contributed by atoms with Crippen LogP contribution in [0.4, 0.5) is 10.1 Å².